The first-order valence-corrected chi connectivity index (χ1v) is 28.0. The molecule has 7 heterocycles. The van der Waals surface area contributed by atoms with E-state index in [1.807, 2.05) is 13.8 Å². The van der Waals surface area contributed by atoms with Crippen LogP contribution in [0.25, 0.3) is 10.9 Å². The van der Waals surface area contributed by atoms with Crippen LogP contribution in [0.4, 0.5) is 22.0 Å². The van der Waals surface area contributed by atoms with Crippen molar-refractivity contribution >= 4 is 114 Å². The Morgan fingerprint density at radius 3 is 2.20 bits per heavy atom. The largest absolute Gasteiger partial charge is 0.492 e. The lowest BCUT2D eigenvalue weighted by molar-refractivity contribution is -0.139. The third-order valence-electron chi connectivity index (χ3n) is 14.9. The van der Waals surface area contributed by atoms with Crippen molar-refractivity contribution in [2.45, 2.75) is 108 Å². The predicted octanol–water partition coefficient (Wildman–Crippen LogP) is 6.84. The minimum atomic E-state index is -3.87. The summed E-state index contributed by atoms with van der Waals surface area (Å²) in [4.78, 5) is 83.4. The molecule has 0 radical (unpaired) electrons. The number of fused-ring (bicyclic) bond motifs is 1. The second-order valence-electron chi connectivity index (χ2n) is 20.8. The van der Waals surface area contributed by atoms with E-state index < -0.39 is 32.5 Å². The Morgan fingerprint density at radius 1 is 0.886 bits per heavy atom. The number of rotatable bonds is 16. The summed E-state index contributed by atoms with van der Waals surface area (Å²) >= 11 is 1.30. The van der Waals surface area contributed by atoms with Crippen molar-refractivity contribution < 1.29 is 36.7 Å². The highest BCUT2D eigenvalue weighted by Gasteiger charge is 2.42. The van der Waals surface area contributed by atoms with Gasteiger partial charge < -0.3 is 35.4 Å². The van der Waals surface area contributed by atoms with Crippen LogP contribution in [-0.2, 0) is 19.4 Å². The molecule has 2 aromatic carbocycles. The van der Waals surface area contributed by atoms with Crippen molar-refractivity contribution in [2.24, 2.45) is 11.8 Å². The van der Waals surface area contributed by atoms with Gasteiger partial charge in [0.25, 0.3) is 5.91 Å². The molecule has 0 spiro atoms. The van der Waals surface area contributed by atoms with Gasteiger partial charge in [-0.15, -0.1) is 11.3 Å². The van der Waals surface area contributed by atoms with Crippen molar-refractivity contribution in [3.63, 3.8) is 0 Å². The number of ketones is 1. The van der Waals surface area contributed by atoms with E-state index >= 15 is 0 Å². The van der Waals surface area contributed by atoms with Crippen LogP contribution in [0.2, 0.25) is 0 Å². The number of nitrogens with zero attached hydrogens (tertiary/aromatic N) is 9. The van der Waals surface area contributed by atoms with Gasteiger partial charge in [0.05, 0.1) is 34.5 Å². The molecule has 4 aromatic heterocycles. The number of H-pyrrole nitrogens is 1. The maximum atomic E-state index is 14.6. The van der Waals surface area contributed by atoms with Gasteiger partial charge in [-0.25, -0.2) is 37.7 Å². The molecular formula is C53H70FN13O7S5. The number of carbonyl (C=O) groups is 4. The predicted molar refractivity (Wildman–Crippen MR) is 316 cm³/mol. The van der Waals surface area contributed by atoms with E-state index in [0.717, 1.165) is 30.5 Å². The minimum absolute atomic E-state index is 0. The van der Waals surface area contributed by atoms with Crippen LogP contribution in [-0.4, -0.2) is 140 Å². The first-order valence-electron chi connectivity index (χ1n) is 25.7. The van der Waals surface area contributed by atoms with Crippen LogP contribution in [0.1, 0.15) is 115 Å². The van der Waals surface area contributed by atoms with Gasteiger partial charge in [0.1, 0.15) is 45.4 Å². The van der Waals surface area contributed by atoms with Crippen molar-refractivity contribution in [3.05, 3.63) is 99.4 Å². The van der Waals surface area contributed by atoms with Crippen molar-refractivity contribution in [3.8, 4) is 5.75 Å². The summed E-state index contributed by atoms with van der Waals surface area (Å²) in [6.45, 7) is 13.2. The number of hydrogen-bond donors (Lipinski definition) is 4. The van der Waals surface area contributed by atoms with E-state index in [1.165, 1.54) is 41.9 Å². The molecule has 9 rings (SSSR count). The number of likely N-dealkylation sites (N-methyl/N-ethyl adjacent to an activating group) is 1. The van der Waals surface area contributed by atoms with Crippen molar-refractivity contribution in [2.75, 3.05) is 56.6 Å². The fourth-order valence-electron chi connectivity index (χ4n) is 9.81. The molecule has 3 amide bonds. The number of anilines is 3. The van der Waals surface area contributed by atoms with Crippen LogP contribution in [0.5, 0.6) is 5.75 Å². The number of aromatic amines is 1. The summed E-state index contributed by atoms with van der Waals surface area (Å²) in [6.07, 6.45) is 8.26. The third kappa shape index (κ3) is 13.5. The first kappa shape index (κ1) is 62.3. The fraction of sp³-hybridized carbons (Fsp3) is 0.472. The van der Waals surface area contributed by atoms with Gasteiger partial charge in [0.2, 0.25) is 23.5 Å². The van der Waals surface area contributed by atoms with Gasteiger partial charge in [0.15, 0.2) is 15.7 Å². The number of carbonyl (C=O) groups excluding carboxylic acids is 4. The SMILES string of the molecule is CN[C@@H](C)C(=O)N[C@H](C(=O)N1CCC[C@H]1c1nc(C(=O)c2ccc(F)cc2)cs1)C1CCN(C(=O)c2cnc(N3CCC(COc4cc5ncnc(Nc6n[nH]c(C)c6C)c5cc4S(=O)(=O)C(C)(C)C)CC3)nc2)CC1.S.S.S. The number of sulfone groups is 1. The molecule has 3 saturated heterocycles. The van der Waals surface area contributed by atoms with Crippen molar-refractivity contribution in [1.82, 2.24) is 55.6 Å². The zero-order valence-electron chi connectivity index (χ0n) is 45.2. The average Bonchev–Trinajstić information content (AvgIpc) is 4.25. The highest BCUT2D eigenvalue weighted by Crippen LogP contribution is 2.39. The molecule has 3 atom stereocenters. The van der Waals surface area contributed by atoms with Crippen LogP contribution in [0.3, 0.4) is 0 Å². The second-order valence-corrected chi connectivity index (χ2v) is 24.4. The fourth-order valence-corrected chi connectivity index (χ4v) is 12.1. The standard InChI is InChI=1S/C53H64FN13O7S2.3H2S/c1-30-31(2)63-64-46(30)62-47-38-23-43(76(72,73)53(4,5)6)42(24-39(38)58-29-59-47)74-27-33-14-19-66(20-15-33)52-56-25-36(26-57-52)50(70)65-21-16-34(17-22-65)44(61-48(69)32(3)55-7)51(71)67-18-8-9-41(67)49-60-40(28-75-49)45(68)35-10-12-37(54)13-11-35;;;/h10-13,23-26,28-29,32-34,41,44,55H,8-9,14-22,27H2,1-7H3,(H,61,69)(H2,58,59,62,63,64);3*1H2/t32-,41-,44-;;;/m0.../s1. The highest BCUT2D eigenvalue weighted by molar-refractivity contribution is 7.92. The second kappa shape index (κ2) is 26.1. The zero-order chi connectivity index (χ0) is 54.1. The lowest BCUT2D eigenvalue weighted by Gasteiger charge is -2.38. The van der Waals surface area contributed by atoms with Gasteiger partial charge >= 0.3 is 0 Å². The number of halogens is 1. The molecule has 0 unspecified atom stereocenters. The van der Waals surface area contributed by atoms with Gasteiger partial charge in [0, 0.05) is 78.8 Å². The molecule has 79 heavy (non-hydrogen) atoms. The molecule has 0 saturated carbocycles. The van der Waals surface area contributed by atoms with E-state index in [9.17, 15) is 32.0 Å². The summed E-state index contributed by atoms with van der Waals surface area (Å²) < 4.78 is 46.9. The topological polar surface area (TPSA) is 251 Å². The molecule has 0 aliphatic carbocycles. The smallest absolute Gasteiger partial charge is 0.256 e. The molecule has 0 bridgehead atoms. The molecule has 3 aliphatic rings. The highest BCUT2D eigenvalue weighted by atomic mass is 32.2. The Hall–Kier alpha value is -5.93. The van der Waals surface area contributed by atoms with E-state index in [-0.39, 0.29) is 105 Å². The maximum absolute atomic E-state index is 14.6. The van der Waals surface area contributed by atoms with E-state index in [4.69, 9.17) is 4.74 Å². The molecular weight excluding hydrogens is 1110 g/mol. The number of piperidine rings is 2. The summed E-state index contributed by atoms with van der Waals surface area (Å²) in [7, 11) is -2.20. The monoisotopic (exact) mass is 1180 g/mol. The summed E-state index contributed by atoms with van der Waals surface area (Å²) in [6, 6.07) is 6.76. The lowest BCUT2D eigenvalue weighted by atomic mass is 9.87. The molecule has 20 nitrogen and oxygen atoms in total. The number of aromatic nitrogens is 7. The summed E-state index contributed by atoms with van der Waals surface area (Å²) in [5.74, 6) is 0.0233. The average molecular weight is 1180 g/mol. The van der Waals surface area contributed by atoms with Crippen LogP contribution in [0.15, 0.2) is 65.4 Å². The number of aryl methyl sites for hydroxylation is 1. The number of amides is 3. The molecule has 3 aliphatic heterocycles. The normalized spacial score (nSPS) is 17.0. The van der Waals surface area contributed by atoms with Crippen LogP contribution >= 0.6 is 51.8 Å². The van der Waals surface area contributed by atoms with Gasteiger partial charge in [-0.1, -0.05) is 0 Å². The molecule has 26 heteroatoms. The Morgan fingerprint density at radius 2 is 1.57 bits per heavy atom. The van der Waals surface area contributed by atoms with Crippen LogP contribution in [0, 0.1) is 31.5 Å². The number of likely N-dealkylation sites (tertiary alicyclic amines) is 2. The molecule has 6 aromatic rings. The van der Waals surface area contributed by atoms with Gasteiger partial charge in [-0.2, -0.15) is 45.6 Å². The summed E-state index contributed by atoms with van der Waals surface area (Å²) in [5.41, 5.74) is 3.20. The number of benzene rings is 2. The lowest BCUT2D eigenvalue weighted by Crippen LogP contribution is -2.57. The van der Waals surface area contributed by atoms with E-state index in [0.29, 0.717) is 96.6 Å². The van der Waals surface area contributed by atoms with Gasteiger partial charge in [-0.05, 0) is 129 Å². The van der Waals surface area contributed by atoms with Crippen molar-refractivity contribution in [1.29, 1.82) is 0 Å². The number of thiazole rings is 1. The number of hydrogen-bond acceptors (Lipinski definition) is 17. The molecule has 4 N–H and O–H groups in total. The van der Waals surface area contributed by atoms with Crippen LogP contribution < -0.4 is 25.6 Å². The Bertz CT molecular complexity index is 3230. The quantitative estimate of drug-likeness (QED) is 0.0724. The molecule has 3 fully saturated rings. The molecule has 426 valence electrons. The first-order chi connectivity index (χ1) is 36.3. The summed E-state index contributed by atoms with van der Waals surface area (Å²) in [5, 5.41) is 19.3. The van der Waals surface area contributed by atoms with E-state index in [1.54, 1.807) is 74.4 Å². The van der Waals surface area contributed by atoms with Gasteiger partial charge in [-0.3, -0.25) is 24.3 Å². The maximum Gasteiger partial charge on any atom is 0.256 e. The number of nitrogens with one attached hydrogen (secondary N) is 4. The zero-order valence-corrected chi connectivity index (χ0v) is 49.9. The minimum Gasteiger partial charge on any atom is -0.492 e. The van der Waals surface area contributed by atoms with E-state index in [2.05, 4.69) is 56.0 Å². The number of ether oxygens (including phenoxy) is 1. The Labute approximate surface area is 484 Å². The Balaban J connectivity index is 0.00000336. The Kier molecular flexibility index (Phi) is 20.6. The third-order valence-corrected chi connectivity index (χ3v) is 18.4.